The molecule has 0 radical (unpaired) electrons. The van der Waals surface area contributed by atoms with Crippen LogP contribution in [-0.2, 0) is 6.42 Å². The second-order valence-electron chi connectivity index (χ2n) is 3.90. The van der Waals surface area contributed by atoms with Crippen LogP contribution >= 0.6 is 0 Å². The highest BCUT2D eigenvalue weighted by molar-refractivity contribution is 5.14. The molecule has 0 aliphatic carbocycles. The Bertz CT molecular complexity index is 387. The Balaban J connectivity index is 0.000000267. The van der Waals surface area contributed by atoms with Crippen molar-refractivity contribution >= 4 is 0 Å². The first-order valence-corrected chi connectivity index (χ1v) is 6.37. The molecule has 0 saturated heterocycles. The van der Waals surface area contributed by atoms with Crippen LogP contribution in [0, 0.1) is 6.92 Å². The largest absolute Gasteiger partial charge is 0.103 e. The van der Waals surface area contributed by atoms with E-state index in [0.29, 0.717) is 0 Å². The molecule has 96 valence electrons. The van der Waals surface area contributed by atoms with E-state index in [1.807, 2.05) is 31.2 Å². The van der Waals surface area contributed by atoms with Gasteiger partial charge in [0, 0.05) is 0 Å². The SMILES string of the molecule is C=CC.CCc1ccccc1.Cc1ccccc1. The molecule has 0 atom stereocenters. The van der Waals surface area contributed by atoms with E-state index in [4.69, 9.17) is 0 Å². The molecule has 0 amide bonds. The van der Waals surface area contributed by atoms with Gasteiger partial charge < -0.3 is 0 Å². The number of aryl methyl sites for hydroxylation is 2. The fraction of sp³-hybridized carbons (Fsp3) is 0.222. The van der Waals surface area contributed by atoms with E-state index in [1.165, 1.54) is 11.1 Å². The van der Waals surface area contributed by atoms with Gasteiger partial charge in [0.2, 0.25) is 0 Å². The van der Waals surface area contributed by atoms with Crippen LogP contribution in [0.25, 0.3) is 0 Å². The van der Waals surface area contributed by atoms with Crippen molar-refractivity contribution in [2.24, 2.45) is 0 Å². The smallest absolute Gasteiger partial charge is 0.0307 e. The number of hydrogen-bond donors (Lipinski definition) is 0. The summed E-state index contributed by atoms with van der Waals surface area (Å²) < 4.78 is 0. The van der Waals surface area contributed by atoms with Crippen LogP contribution in [0.15, 0.2) is 73.3 Å². The summed E-state index contributed by atoms with van der Waals surface area (Å²) in [6.07, 6.45) is 2.89. The number of rotatable bonds is 1. The molecule has 18 heavy (non-hydrogen) atoms. The minimum Gasteiger partial charge on any atom is -0.103 e. The normalized spacial score (nSPS) is 8.17. The van der Waals surface area contributed by atoms with Gasteiger partial charge in [-0.25, -0.2) is 0 Å². The van der Waals surface area contributed by atoms with Crippen molar-refractivity contribution < 1.29 is 0 Å². The predicted molar refractivity (Wildman–Crippen MR) is 82.9 cm³/mol. The summed E-state index contributed by atoms with van der Waals surface area (Å²) in [6.45, 7) is 9.50. The first kappa shape index (κ1) is 16.2. The first-order valence-electron chi connectivity index (χ1n) is 6.37. The van der Waals surface area contributed by atoms with Crippen molar-refractivity contribution in [3.05, 3.63) is 84.4 Å². The minimum absolute atomic E-state index is 1.14. The molecule has 0 aliphatic heterocycles. The van der Waals surface area contributed by atoms with Crippen LogP contribution in [0.5, 0.6) is 0 Å². The summed E-state index contributed by atoms with van der Waals surface area (Å²) >= 11 is 0. The zero-order valence-corrected chi connectivity index (χ0v) is 11.8. The fourth-order valence-corrected chi connectivity index (χ4v) is 1.25. The van der Waals surface area contributed by atoms with Gasteiger partial charge in [-0.3, -0.25) is 0 Å². The molecule has 0 bridgehead atoms. The molecular weight excluding hydrogens is 216 g/mol. The average Bonchev–Trinajstić information content (AvgIpc) is 2.42. The number of benzene rings is 2. The second kappa shape index (κ2) is 11.7. The molecule has 2 rings (SSSR count). The fourth-order valence-electron chi connectivity index (χ4n) is 1.25. The third-order valence-corrected chi connectivity index (χ3v) is 2.19. The van der Waals surface area contributed by atoms with Gasteiger partial charge in [-0.15, -0.1) is 6.58 Å². The zero-order valence-electron chi connectivity index (χ0n) is 11.8. The van der Waals surface area contributed by atoms with Gasteiger partial charge in [-0.1, -0.05) is 79.2 Å². The molecule has 0 unspecified atom stereocenters. The van der Waals surface area contributed by atoms with Gasteiger partial charge in [-0.2, -0.15) is 0 Å². The maximum absolute atomic E-state index is 3.36. The average molecular weight is 240 g/mol. The summed E-state index contributed by atoms with van der Waals surface area (Å²) in [4.78, 5) is 0. The molecule has 0 heterocycles. The van der Waals surface area contributed by atoms with E-state index < -0.39 is 0 Å². The van der Waals surface area contributed by atoms with Crippen molar-refractivity contribution in [3.8, 4) is 0 Å². The van der Waals surface area contributed by atoms with Crippen molar-refractivity contribution in [3.63, 3.8) is 0 Å². The number of allylic oxidation sites excluding steroid dienone is 1. The van der Waals surface area contributed by atoms with Crippen LogP contribution in [0.1, 0.15) is 25.0 Å². The molecular formula is C18H24. The third kappa shape index (κ3) is 9.41. The lowest BCUT2D eigenvalue weighted by molar-refractivity contribution is 1.14. The van der Waals surface area contributed by atoms with E-state index in [1.54, 1.807) is 6.08 Å². The van der Waals surface area contributed by atoms with Crippen molar-refractivity contribution in [2.45, 2.75) is 27.2 Å². The Kier molecular flexibility index (Phi) is 10.5. The third-order valence-electron chi connectivity index (χ3n) is 2.19. The molecule has 0 spiro atoms. The Labute approximate surface area is 112 Å². The van der Waals surface area contributed by atoms with Crippen LogP contribution < -0.4 is 0 Å². The second-order valence-corrected chi connectivity index (χ2v) is 3.90. The molecule has 0 aromatic heterocycles. The van der Waals surface area contributed by atoms with Crippen LogP contribution in [0.3, 0.4) is 0 Å². The van der Waals surface area contributed by atoms with E-state index in [0.717, 1.165) is 6.42 Å². The number of hydrogen-bond acceptors (Lipinski definition) is 0. The minimum atomic E-state index is 1.14. The van der Waals surface area contributed by atoms with Crippen LogP contribution in [-0.4, -0.2) is 0 Å². The maximum Gasteiger partial charge on any atom is -0.0307 e. The first-order chi connectivity index (χ1) is 8.74. The summed E-state index contributed by atoms with van der Waals surface area (Å²) in [5.41, 5.74) is 2.73. The quantitative estimate of drug-likeness (QED) is 0.582. The zero-order chi connectivity index (χ0) is 13.6. The summed E-state index contributed by atoms with van der Waals surface area (Å²) in [7, 11) is 0. The van der Waals surface area contributed by atoms with Crippen molar-refractivity contribution in [1.29, 1.82) is 0 Å². The molecule has 0 nitrogen and oxygen atoms in total. The van der Waals surface area contributed by atoms with Gasteiger partial charge in [0.05, 0.1) is 0 Å². The van der Waals surface area contributed by atoms with Gasteiger partial charge >= 0.3 is 0 Å². The van der Waals surface area contributed by atoms with Crippen molar-refractivity contribution in [2.75, 3.05) is 0 Å². The lowest BCUT2D eigenvalue weighted by Crippen LogP contribution is -1.73. The van der Waals surface area contributed by atoms with E-state index in [9.17, 15) is 0 Å². The lowest BCUT2D eigenvalue weighted by Gasteiger charge is -1.89. The molecule has 2 aromatic carbocycles. The Morgan fingerprint density at radius 1 is 0.889 bits per heavy atom. The van der Waals surface area contributed by atoms with E-state index in [-0.39, 0.29) is 0 Å². The van der Waals surface area contributed by atoms with E-state index in [2.05, 4.69) is 56.8 Å². The van der Waals surface area contributed by atoms with Gasteiger partial charge in [0.25, 0.3) is 0 Å². The molecule has 0 aliphatic rings. The van der Waals surface area contributed by atoms with Crippen LogP contribution in [0.2, 0.25) is 0 Å². The van der Waals surface area contributed by atoms with Gasteiger partial charge in [0.15, 0.2) is 0 Å². The predicted octanol–water partition coefficient (Wildman–Crippen LogP) is 5.44. The molecule has 0 N–H and O–H groups in total. The maximum atomic E-state index is 3.36. The van der Waals surface area contributed by atoms with E-state index >= 15 is 0 Å². The van der Waals surface area contributed by atoms with Crippen LogP contribution in [0.4, 0.5) is 0 Å². The van der Waals surface area contributed by atoms with Gasteiger partial charge in [0.1, 0.15) is 0 Å². The highest BCUT2D eigenvalue weighted by Gasteiger charge is 1.80. The standard InChI is InChI=1S/C8H10.C7H8.C3H6/c1-2-8-6-4-3-5-7-8;1-7-5-3-2-4-6-7;1-3-2/h3-7H,2H2,1H3;2-6H,1H3;3H,1H2,2H3. The highest BCUT2D eigenvalue weighted by Crippen LogP contribution is 1.96. The Morgan fingerprint density at radius 2 is 1.28 bits per heavy atom. The summed E-state index contributed by atoms with van der Waals surface area (Å²) in [5, 5.41) is 0. The summed E-state index contributed by atoms with van der Waals surface area (Å²) in [6, 6.07) is 20.7. The molecule has 0 saturated carbocycles. The molecule has 2 aromatic rings. The molecule has 0 fully saturated rings. The van der Waals surface area contributed by atoms with Gasteiger partial charge in [-0.05, 0) is 25.8 Å². The lowest BCUT2D eigenvalue weighted by atomic mass is 10.2. The highest BCUT2D eigenvalue weighted by atomic mass is 13.9. The monoisotopic (exact) mass is 240 g/mol. The molecule has 0 heteroatoms. The summed E-state index contributed by atoms with van der Waals surface area (Å²) in [5.74, 6) is 0. The Hall–Kier alpha value is -1.82. The topological polar surface area (TPSA) is 0 Å². The Morgan fingerprint density at radius 3 is 1.50 bits per heavy atom. The van der Waals surface area contributed by atoms with Crippen molar-refractivity contribution in [1.82, 2.24) is 0 Å².